The number of oxazole rings is 1. The lowest BCUT2D eigenvalue weighted by molar-refractivity contribution is 0.556. The highest BCUT2D eigenvalue weighted by Gasteiger charge is 2.17. The van der Waals surface area contributed by atoms with E-state index >= 15 is 0 Å². The first-order valence-electron chi connectivity index (χ1n) is 7.97. The minimum Gasteiger partial charge on any atom is -0.451 e. The van der Waals surface area contributed by atoms with Crippen molar-refractivity contribution >= 4 is 17.5 Å². The number of nitrogen functional groups attached to an aromatic ring is 1. The molecule has 25 heavy (non-hydrogen) atoms. The predicted octanol–water partition coefficient (Wildman–Crippen LogP) is 3.21. The summed E-state index contributed by atoms with van der Waals surface area (Å²) in [6.07, 6.45) is 6.43. The van der Waals surface area contributed by atoms with Crippen LogP contribution in [0.3, 0.4) is 0 Å². The largest absolute Gasteiger partial charge is 0.451 e. The molecule has 0 aliphatic rings. The van der Waals surface area contributed by atoms with Gasteiger partial charge in [0.25, 0.3) is 0 Å². The van der Waals surface area contributed by atoms with E-state index in [0.717, 1.165) is 29.8 Å². The Balaban J connectivity index is 2.09. The Bertz CT molecular complexity index is 885. The molecule has 2 N–H and O–H groups in total. The van der Waals surface area contributed by atoms with E-state index in [0.29, 0.717) is 17.9 Å². The van der Waals surface area contributed by atoms with Gasteiger partial charge in [0.1, 0.15) is 12.1 Å². The van der Waals surface area contributed by atoms with Gasteiger partial charge in [-0.3, -0.25) is 0 Å². The first-order chi connectivity index (χ1) is 12.2. The number of aryl methyl sites for hydroxylation is 1. The van der Waals surface area contributed by atoms with Crippen LogP contribution in [-0.2, 0) is 13.0 Å². The molecular weight excluding hydrogens is 316 g/mol. The fourth-order valence-electron chi connectivity index (χ4n) is 2.67. The highest BCUT2D eigenvalue weighted by molar-refractivity contribution is 5.65. The van der Waals surface area contributed by atoms with E-state index in [1.165, 1.54) is 6.39 Å². The molecular formula is C18H18N6O. The van der Waals surface area contributed by atoms with Crippen LogP contribution in [0.5, 0.6) is 0 Å². The Morgan fingerprint density at radius 2 is 2.16 bits per heavy atom. The average Bonchev–Trinajstić information content (AvgIpc) is 3.13. The number of anilines is 3. The van der Waals surface area contributed by atoms with Gasteiger partial charge >= 0.3 is 0 Å². The monoisotopic (exact) mass is 334 g/mol. The molecule has 0 spiro atoms. The summed E-state index contributed by atoms with van der Waals surface area (Å²) < 4.78 is 5.09. The summed E-state index contributed by atoms with van der Waals surface area (Å²) in [5, 5.41) is 9.20. The van der Waals surface area contributed by atoms with Crippen LogP contribution >= 0.6 is 0 Å². The molecule has 2 heterocycles. The van der Waals surface area contributed by atoms with E-state index in [4.69, 9.17) is 10.2 Å². The zero-order chi connectivity index (χ0) is 17.6. The standard InChI is InChI=1S/C18H18N6O/c1-2-3-14-8-13(9-19)4-5-16(14)24(10-15-11-25-12-22-15)17-6-7-21-18(20)23-17/h4-8,11-12H,2-3,10H2,1H3,(H2,20,21,23). The van der Waals surface area contributed by atoms with Gasteiger partial charge in [-0.05, 0) is 36.2 Å². The number of nitrogens with two attached hydrogens (primary N) is 1. The van der Waals surface area contributed by atoms with Crippen LogP contribution in [0.1, 0.15) is 30.2 Å². The van der Waals surface area contributed by atoms with E-state index in [1.54, 1.807) is 24.6 Å². The number of hydrogen-bond acceptors (Lipinski definition) is 7. The lowest BCUT2D eigenvalue weighted by atomic mass is 10.0. The third-order valence-corrected chi connectivity index (χ3v) is 3.76. The summed E-state index contributed by atoms with van der Waals surface area (Å²) in [4.78, 5) is 14.5. The van der Waals surface area contributed by atoms with Crippen LogP contribution in [0.2, 0.25) is 0 Å². The first-order valence-corrected chi connectivity index (χ1v) is 7.97. The van der Waals surface area contributed by atoms with E-state index in [-0.39, 0.29) is 5.95 Å². The Morgan fingerprint density at radius 3 is 2.84 bits per heavy atom. The molecule has 3 aromatic rings. The number of rotatable bonds is 6. The van der Waals surface area contributed by atoms with Crippen LogP contribution in [0, 0.1) is 11.3 Å². The Labute approximate surface area is 145 Å². The minimum atomic E-state index is 0.202. The molecule has 0 fully saturated rings. The predicted molar refractivity (Wildman–Crippen MR) is 93.9 cm³/mol. The zero-order valence-corrected chi connectivity index (χ0v) is 13.9. The van der Waals surface area contributed by atoms with E-state index in [2.05, 4.69) is 27.9 Å². The van der Waals surface area contributed by atoms with Crippen molar-refractivity contribution in [3.8, 4) is 6.07 Å². The molecule has 0 amide bonds. The van der Waals surface area contributed by atoms with Crippen molar-refractivity contribution in [2.75, 3.05) is 10.6 Å². The van der Waals surface area contributed by atoms with Gasteiger partial charge in [-0.15, -0.1) is 0 Å². The SMILES string of the molecule is CCCc1cc(C#N)ccc1N(Cc1cocn1)c1ccnc(N)n1. The molecule has 0 aliphatic carbocycles. The maximum atomic E-state index is 9.20. The van der Waals surface area contributed by atoms with Gasteiger partial charge in [-0.25, -0.2) is 9.97 Å². The highest BCUT2D eigenvalue weighted by atomic mass is 16.3. The average molecular weight is 334 g/mol. The van der Waals surface area contributed by atoms with Crippen LogP contribution in [0.15, 0.2) is 47.5 Å². The second-order valence-electron chi connectivity index (χ2n) is 5.54. The molecule has 126 valence electrons. The normalized spacial score (nSPS) is 10.4. The first kappa shape index (κ1) is 16.5. The summed E-state index contributed by atoms with van der Waals surface area (Å²) >= 11 is 0. The summed E-state index contributed by atoms with van der Waals surface area (Å²) in [7, 11) is 0. The minimum absolute atomic E-state index is 0.202. The van der Waals surface area contributed by atoms with Crippen molar-refractivity contribution in [1.82, 2.24) is 15.0 Å². The third-order valence-electron chi connectivity index (χ3n) is 3.76. The molecule has 7 heteroatoms. The molecule has 0 bridgehead atoms. The number of nitrogens with zero attached hydrogens (tertiary/aromatic N) is 5. The van der Waals surface area contributed by atoms with Gasteiger partial charge < -0.3 is 15.1 Å². The molecule has 7 nitrogen and oxygen atoms in total. The van der Waals surface area contributed by atoms with Crippen LogP contribution in [0.25, 0.3) is 0 Å². The molecule has 0 saturated carbocycles. The second kappa shape index (κ2) is 7.45. The van der Waals surface area contributed by atoms with E-state index < -0.39 is 0 Å². The third kappa shape index (κ3) is 3.75. The van der Waals surface area contributed by atoms with Crippen molar-refractivity contribution in [2.24, 2.45) is 0 Å². The quantitative estimate of drug-likeness (QED) is 0.738. The van der Waals surface area contributed by atoms with Gasteiger partial charge in [-0.2, -0.15) is 10.2 Å². The summed E-state index contributed by atoms with van der Waals surface area (Å²) in [6.45, 7) is 2.57. The highest BCUT2D eigenvalue weighted by Crippen LogP contribution is 2.31. The van der Waals surface area contributed by atoms with Crippen molar-refractivity contribution in [1.29, 1.82) is 5.26 Å². The number of hydrogen-bond donors (Lipinski definition) is 1. The number of nitriles is 1. The molecule has 0 unspecified atom stereocenters. The van der Waals surface area contributed by atoms with E-state index in [9.17, 15) is 5.26 Å². The topological polar surface area (TPSA) is 105 Å². The van der Waals surface area contributed by atoms with Crippen LogP contribution < -0.4 is 10.6 Å². The van der Waals surface area contributed by atoms with Crippen molar-refractivity contribution < 1.29 is 4.42 Å². The van der Waals surface area contributed by atoms with E-state index in [1.807, 2.05) is 17.0 Å². The van der Waals surface area contributed by atoms with Crippen LogP contribution in [0.4, 0.5) is 17.5 Å². The summed E-state index contributed by atoms with van der Waals surface area (Å²) in [5.74, 6) is 0.867. The van der Waals surface area contributed by atoms with Gasteiger partial charge in [0.05, 0.1) is 23.9 Å². The lowest BCUT2D eigenvalue weighted by Gasteiger charge is -2.25. The molecule has 0 saturated heterocycles. The lowest BCUT2D eigenvalue weighted by Crippen LogP contribution is -2.20. The fourth-order valence-corrected chi connectivity index (χ4v) is 2.67. The molecule has 0 radical (unpaired) electrons. The van der Waals surface area contributed by atoms with Crippen molar-refractivity contribution in [2.45, 2.75) is 26.3 Å². The van der Waals surface area contributed by atoms with Gasteiger partial charge in [-0.1, -0.05) is 13.3 Å². The zero-order valence-electron chi connectivity index (χ0n) is 13.9. The Hall–Kier alpha value is -3.40. The maximum absolute atomic E-state index is 9.20. The van der Waals surface area contributed by atoms with Crippen molar-refractivity contribution in [3.63, 3.8) is 0 Å². The van der Waals surface area contributed by atoms with Gasteiger partial charge in [0.15, 0.2) is 6.39 Å². The smallest absolute Gasteiger partial charge is 0.221 e. The molecule has 0 atom stereocenters. The number of benzene rings is 1. The second-order valence-corrected chi connectivity index (χ2v) is 5.54. The van der Waals surface area contributed by atoms with Gasteiger partial charge in [0, 0.05) is 11.9 Å². The summed E-state index contributed by atoms with van der Waals surface area (Å²) in [5.41, 5.74) is 9.20. The van der Waals surface area contributed by atoms with Gasteiger partial charge in [0.2, 0.25) is 5.95 Å². The molecule has 1 aromatic carbocycles. The molecule has 3 rings (SSSR count). The summed E-state index contributed by atoms with van der Waals surface area (Å²) in [6, 6.07) is 9.64. The Morgan fingerprint density at radius 1 is 1.28 bits per heavy atom. The maximum Gasteiger partial charge on any atom is 0.221 e. The number of aromatic nitrogens is 3. The van der Waals surface area contributed by atoms with Crippen LogP contribution in [-0.4, -0.2) is 15.0 Å². The van der Waals surface area contributed by atoms with Crippen molar-refractivity contribution in [3.05, 3.63) is 59.9 Å². The fraction of sp³-hybridized carbons (Fsp3) is 0.222. The Kier molecular flexibility index (Phi) is 4.90. The molecule has 2 aromatic heterocycles. The molecule has 0 aliphatic heterocycles.